The van der Waals surface area contributed by atoms with Crippen molar-refractivity contribution in [2.24, 2.45) is 7.05 Å². The maximum absolute atomic E-state index is 12.3. The zero-order valence-electron chi connectivity index (χ0n) is 16.6. The molecule has 0 aromatic carbocycles. The Balaban J connectivity index is 2.47. The SMILES string of the molecule is C=CCn1c(=O)n(C)c(=O)n(CC(O)COCCCCOCC(O)CC)c1=O. The number of rotatable bonds is 14. The van der Waals surface area contributed by atoms with Crippen molar-refractivity contribution in [1.29, 1.82) is 0 Å². The smallest absolute Gasteiger partial charge is 0.336 e. The van der Waals surface area contributed by atoms with E-state index in [2.05, 4.69) is 6.58 Å². The Labute approximate surface area is 163 Å². The van der Waals surface area contributed by atoms with Gasteiger partial charge in [0.25, 0.3) is 0 Å². The average molecular weight is 401 g/mol. The van der Waals surface area contributed by atoms with Gasteiger partial charge in [-0.15, -0.1) is 6.58 Å². The zero-order valence-corrected chi connectivity index (χ0v) is 16.6. The predicted molar refractivity (Wildman–Crippen MR) is 104 cm³/mol. The number of allylic oxidation sites excluding steroid dienone is 1. The maximum atomic E-state index is 12.3. The highest BCUT2D eigenvalue weighted by atomic mass is 16.5. The second-order valence-electron chi connectivity index (χ2n) is 6.49. The lowest BCUT2D eigenvalue weighted by molar-refractivity contribution is 0.0153. The van der Waals surface area contributed by atoms with Crippen LogP contribution in [-0.2, 0) is 29.6 Å². The van der Waals surface area contributed by atoms with Crippen LogP contribution in [0, 0.1) is 0 Å². The lowest BCUT2D eigenvalue weighted by Gasteiger charge is -2.15. The summed E-state index contributed by atoms with van der Waals surface area (Å²) in [5, 5.41) is 19.4. The van der Waals surface area contributed by atoms with E-state index >= 15 is 0 Å². The molecule has 0 spiro atoms. The Kier molecular flexibility index (Phi) is 10.7. The van der Waals surface area contributed by atoms with Gasteiger partial charge in [0.2, 0.25) is 0 Å². The Hall–Kier alpha value is -2.01. The van der Waals surface area contributed by atoms with Crippen LogP contribution in [0.2, 0.25) is 0 Å². The molecule has 10 heteroatoms. The minimum Gasteiger partial charge on any atom is -0.391 e. The summed E-state index contributed by atoms with van der Waals surface area (Å²) >= 11 is 0. The summed E-state index contributed by atoms with van der Waals surface area (Å²) in [6.45, 7) is 6.22. The molecule has 2 unspecified atom stereocenters. The summed E-state index contributed by atoms with van der Waals surface area (Å²) in [5.41, 5.74) is -2.31. The molecule has 0 saturated heterocycles. The van der Waals surface area contributed by atoms with E-state index < -0.39 is 29.3 Å². The van der Waals surface area contributed by atoms with E-state index in [1.54, 1.807) is 0 Å². The molecular weight excluding hydrogens is 370 g/mol. The van der Waals surface area contributed by atoms with Gasteiger partial charge in [-0.1, -0.05) is 13.0 Å². The minimum absolute atomic E-state index is 0.0320. The minimum atomic E-state index is -1.07. The number of unbranched alkanes of at least 4 members (excludes halogenated alkanes) is 1. The molecule has 0 aliphatic carbocycles. The molecule has 0 bridgehead atoms. The van der Waals surface area contributed by atoms with Crippen LogP contribution in [-0.4, -0.2) is 62.5 Å². The lowest BCUT2D eigenvalue weighted by atomic mass is 10.3. The molecule has 1 rings (SSSR count). The first-order chi connectivity index (χ1) is 13.3. The number of aromatic nitrogens is 3. The summed E-state index contributed by atoms with van der Waals surface area (Å²) in [5.74, 6) is 0. The molecule has 1 aromatic rings. The van der Waals surface area contributed by atoms with Gasteiger partial charge in [0.1, 0.15) is 0 Å². The molecule has 160 valence electrons. The fourth-order valence-electron chi connectivity index (χ4n) is 2.42. The Morgan fingerprint density at radius 1 is 0.964 bits per heavy atom. The Morgan fingerprint density at radius 2 is 1.50 bits per heavy atom. The molecular formula is C18H31N3O7. The van der Waals surface area contributed by atoms with Crippen LogP contribution < -0.4 is 17.1 Å². The van der Waals surface area contributed by atoms with Crippen molar-refractivity contribution in [3.8, 4) is 0 Å². The van der Waals surface area contributed by atoms with Crippen molar-refractivity contribution in [2.45, 2.75) is 51.5 Å². The fraction of sp³-hybridized carbons (Fsp3) is 0.722. The number of nitrogens with zero attached hydrogens (tertiary/aromatic N) is 3. The topological polar surface area (TPSA) is 125 Å². The van der Waals surface area contributed by atoms with Gasteiger partial charge in [-0.05, 0) is 19.3 Å². The highest BCUT2D eigenvalue weighted by molar-refractivity contribution is 4.82. The molecule has 0 saturated carbocycles. The molecule has 1 aromatic heterocycles. The third-order valence-electron chi connectivity index (χ3n) is 4.12. The van der Waals surface area contributed by atoms with Gasteiger partial charge in [0, 0.05) is 20.3 Å². The van der Waals surface area contributed by atoms with Crippen LogP contribution >= 0.6 is 0 Å². The van der Waals surface area contributed by atoms with Gasteiger partial charge < -0.3 is 19.7 Å². The quantitative estimate of drug-likeness (QED) is 0.298. The number of ether oxygens (including phenoxy) is 2. The van der Waals surface area contributed by atoms with E-state index in [0.717, 1.165) is 20.1 Å². The zero-order chi connectivity index (χ0) is 21.1. The molecule has 0 fully saturated rings. The molecule has 1 heterocycles. The molecule has 0 aliphatic heterocycles. The van der Waals surface area contributed by atoms with E-state index in [4.69, 9.17) is 9.47 Å². The number of hydrogen-bond acceptors (Lipinski definition) is 7. The van der Waals surface area contributed by atoms with Gasteiger partial charge in [-0.25, -0.2) is 28.1 Å². The molecule has 10 nitrogen and oxygen atoms in total. The highest BCUT2D eigenvalue weighted by Gasteiger charge is 2.15. The van der Waals surface area contributed by atoms with E-state index in [1.165, 1.54) is 13.1 Å². The van der Waals surface area contributed by atoms with Crippen molar-refractivity contribution in [2.75, 3.05) is 26.4 Å². The lowest BCUT2D eigenvalue weighted by Crippen LogP contribution is -2.54. The molecule has 2 N–H and O–H groups in total. The number of hydrogen-bond donors (Lipinski definition) is 2. The Morgan fingerprint density at radius 3 is 2.04 bits per heavy atom. The number of aliphatic hydroxyl groups is 2. The van der Waals surface area contributed by atoms with E-state index in [1.807, 2.05) is 6.92 Å². The largest absolute Gasteiger partial charge is 0.391 e. The standard InChI is InChI=1S/C18H31N3O7/c1-4-8-20-16(24)19(3)17(25)21(18(20)26)11-15(23)13-28-10-7-6-9-27-12-14(22)5-2/h4,14-15,22-23H,1,5-13H2,2-3H3. The molecule has 0 radical (unpaired) electrons. The molecule has 28 heavy (non-hydrogen) atoms. The average Bonchev–Trinajstić information content (AvgIpc) is 2.68. The monoisotopic (exact) mass is 401 g/mol. The van der Waals surface area contributed by atoms with Gasteiger partial charge in [-0.2, -0.15) is 0 Å². The second kappa shape index (κ2) is 12.4. The summed E-state index contributed by atoms with van der Waals surface area (Å²) in [7, 11) is 1.27. The van der Waals surface area contributed by atoms with Crippen molar-refractivity contribution < 1.29 is 19.7 Å². The first-order valence-corrected chi connectivity index (χ1v) is 9.36. The van der Waals surface area contributed by atoms with Crippen molar-refractivity contribution >= 4 is 0 Å². The van der Waals surface area contributed by atoms with Gasteiger partial charge in [-0.3, -0.25) is 0 Å². The van der Waals surface area contributed by atoms with Crippen LogP contribution in [0.25, 0.3) is 0 Å². The van der Waals surface area contributed by atoms with Crippen LogP contribution in [0.4, 0.5) is 0 Å². The second-order valence-corrected chi connectivity index (χ2v) is 6.49. The van der Waals surface area contributed by atoms with Crippen LogP contribution in [0.5, 0.6) is 0 Å². The van der Waals surface area contributed by atoms with Gasteiger partial charge in [0.05, 0.1) is 38.5 Å². The first kappa shape index (κ1) is 24.0. The summed E-state index contributed by atoms with van der Waals surface area (Å²) in [6, 6.07) is 0. The van der Waals surface area contributed by atoms with E-state index in [0.29, 0.717) is 32.7 Å². The van der Waals surface area contributed by atoms with E-state index in [-0.39, 0.29) is 19.7 Å². The molecule has 2 atom stereocenters. The molecule has 0 aliphatic rings. The van der Waals surface area contributed by atoms with Crippen molar-refractivity contribution in [3.63, 3.8) is 0 Å². The van der Waals surface area contributed by atoms with Gasteiger partial charge >= 0.3 is 17.1 Å². The van der Waals surface area contributed by atoms with Gasteiger partial charge in [0.15, 0.2) is 0 Å². The fourth-order valence-corrected chi connectivity index (χ4v) is 2.42. The first-order valence-electron chi connectivity index (χ1n) is 9.36. The third-order valence-corrected chi connectivity index (χ3v) is 4.12. The third kappa shape index (κ3) is 7.19. The summed E-state index contributed by atoms with van der Waals surface area (Å²) in [6.07, 6.45) is 1.97. The van der Waals surface area contributed by atoms with Crippen LogP contribution in [0.1, 0.15) is 26.2 Å². The molecule has 0 amide bonds. The summed E-state index contributed by atoms with van der Waals surface area (Å²) in [4.78, 5) is 36.4. The predicted octanol–water partition coefficient (Wildman–Crippen LogP) is -1.16. The number of aliphatic hydroxyl groups excluding tert-OH is 2. The summed E-state index contributed by atoms with van der Waals surface area (Å²) < 4.78 is 13.2. The Bertz CT molecular complexity index is 781. The highest BCUT2D eigenvalue weighted by Crippen LogP contribution is 1.96. The van der Waals surface area contributed by atoms with Crippen molar-refractivity contribution in [1.82, 2.24) is 13.7 Å². The van der Waals surface area contributed by atoms with E-state index in [9.17, 15) is 24.6 Å². The van der Waals surface area contributed by atoms with Crippen LogP contribution in [0.15, 0.2) is 27.0 Å². The van der Waals surface area contributed by atoms with Crippen molar-refractivity contribution in [3.05, 3.63) is 44.1 Å². The normalized spacial score (nSPS) is 13.4. The van der Waals surface area contributed by atoms with Crippen LogP contribution in [0.3, 0.4) is 0 Å². The maximum Gasteiger partial charge on any atom is 0.336 e.